The van der Waals surface area contributed by atoms with Crippen molar-refractivity contribution in [3.63, 3.8) is 0 Å². The van der Waals surface area contributed by atoms with E-state index in [0.717, 1.165) is 32.4 Å². The van der Waals surface area contributed by atoms with Crippen LogP contribution in [-0.2, 0) is 4.79 Å². The molecule has 3 nitrogen and oxygen atoms in total. The molecule has 1 N–H and O–H groups in total. The number of carboxylic acids is 1. The monoisotopic (exact) mass is 227 g/mol. The number of carboxylic acid groups (broad SMARTS) is 1. The molecule has 0 aromatic carbocycles. The van der Waals surface area contributed by atoms with E-state index in [2.05, 4.69) is 25.7 Å². The Balaban J connectivity index is 4.15. The molecule has 0 bridgehead atoms. The minimum absolute atomic E-state index is 0.453. The maximum Gasteiger partial charge on any atom is 0.330 e. The van der Waals surface area contributed by atoms with Gasteiger partial charge in [-0.2, -0.15) is 0 Å². The van der Waals surface area contributed by atoms with Gasteiger partial charge in [-0.1, -0.05) is 26.8 Å². The standard InChI is InChI=1S/C13H25NO2/c1-5-12(14(6-2)7-3)10-8-9-11(4)13(15)16/h9,12H,5-8,10H2,1-4H3,(H,15,16)/b11-9+. The first-order valence-corrected chi connectivity index (χ1v) is 6.20. The third-order valence-corrected chi connectivity index (χ3v) is 3.09. The lowest BCUT2D eigenvalue weighted by atomic mass is 10.1. The summed E-state index contributed by atoms with van der Waals surface area (Å²) in [5, 5.41) is 8.73. The van der Waals surface area contributed by atoms with E-state index in [0.29, 0.717) is 11.6 Å². The molecule has 0 aliphatic heterocycles. The maximum absolute atomic E-state index is 10.6. The van der Waals surface area contributed by atoms with Crippen molar-refractivity contribution in [1.29, 1.82) is 0 Å². The second kappa shape index (κ2) is 8.34. The third-order valence-electron chi connectivity index (χ3n) is 3.09. The van der Waals surface area contributed by atoms with E-state index in [1.54, 1.807) is 6.92 Å². The molecule has 0 rings (SSSR count). The zero-order valence-corrected chi connectivity index (χ0v) is 11.0. The Morgan fingerprint density at radius 3 is 2.25 bits per heavy atom. The highest BCUT2D eigenvalue weighted by molar-refractivity contribution is 5.85. The van der Waals surface area contributed by atoms with Gasteiger partial charge in [-0.15, -0.1) is 0 Å². The fourth-order valence-corrected chi connectivity index (χ4v) is 1.96. The molecule has 0 amide bonds. The molecule has 0 saturated heterocycles. The molecule has 0 aliphatic rings. The molecule has 0 aromatic heterocycles. The Morgan fingerprint density at radius 2 is 1.88 bits per heavy atom. The van der Waals surface area contributed by atoms with Gasteiger partial charge in [0.15, 0.2) is 0 Å². The van der Waals surface area contributed by atoms with Gasteiger partial charge in [0.1, 0.15) is 0 Å². The molecule has 3 heteroatoms. The predicted octanol–water partition coefficient (Wildman–Crippen LogP) is 2.92. The quantitative estimate of drug-likeness (QED) is 0.648. The van der Waals surface area contributed by atoms with Crippen molar-refractivity contribution in [3.8, 4) is 0 Å². The topological polar surface area (TPSA) is 40.5 Å². The van der Waals surface area contributed by atoms with Crippen molar-refractivity contribution in [2.24, 2.45) is 0 Å². The van der Waals surface area contributed by atoms with Crippen LogP contribution in [-0.4, -0.2) is 35.1 Å². The molecule has 0 aliphatic carbocycles. The van der Waals surface area contributed by atoms with Gasteiger partial charge >= 0.3 is 5.97 Å². The van der Waals surface area contributed by atoms with E-state index >= 15 is 0 Å². The Hall–Kier alpha value is -0.830. The van der Waals surface area contributed by atoms with Crippen LogP contribution in [0.5, 0.6) is 0 Å². The first kappa shape index (κ1) is 15.2. The van der Waals surface area contributed by atoms with E-state index in [9.17, 15) is 4.79 Å². The Bertz CT molecular complexity index is 232. The molecule has 0 spiro atoms. The number of hydrogen-bond donors (Lipinski definition) is 1. The van der Waals surface area contributed by atoms with Gasteiger partial charge in [-0.3, -0.25) is 0 Å². The molecular formula is C13H25NO2. The van der Waals surface area contributed by atoms with Crippen LogP contribution < -0.4 is 0 Å². The lowest BCUT2D eigenvalue weighted by Gasteiger charge is -2.28. The summed E-state index contributed by atoms with van der Waals surface area (Å²) in [4.78, 5) is 13.0. The largest absolute Gasteiger partial charge is 0.478 e. The Morgan fingerprint density at radius 1 is 1.31 bits per heavy atom. The third kappa shape index (κ3) is 5.31. The lowest BCUT2D eigenvalue weighted by Crippen LogP contribution is -2.34. The van der Waals surface area contributed by atoms with Crippen LogP contribution in [0.1, 0.15) is 47.0 Å². The van der Waals surface area contributed by atoms with Crippen molar-refractivity contribution < 1.29 is 9.90 Å². The molecular weight excluding hydrogens is 202 g/mol. The van der Waals surface area contributed by atoms with E-state index in [1.165, 1.54) is 0 Å². The van der Waals surface area contributed by atoms with E-state index in [-0.39, 0.29) is 0 Å². The summed E-state index contributed by atoms with van der Waals surface area (Å²) in [5.74, 6) is -0.809. The van der Waals surface area contributed by atoms with Crippen molar-refractivity contribution in [1.82, 2.24) is 4.90 Å². The number of nitrogens with zero attached hydrogens (tertiary/aromatic N) is 1. The average Bonchev–Trinajstić information content (AvgIpc) is 2.27. The predicted molar refractivity (Wildman–Crippen MR) is 67.6 cm³/mol. The summed E-state index contributed by atoms with van der Waals surface area (Å²) in [7, 11) is 0. The Kier molecular flexibility index (Phi) is 7.90. The van der Waals surface area contributed by atoms with Crippen molar-refractivity contribution in [3.05, 3.63) is 11.6 Å². The van der Waals surface area contributed by atoms with E-state index < -0.39 is 5.97 Å². The zero-order chi connectivity index (χ0) is 12.6. The maximum atomic E-state index is 10.6. The van der Waals surface area contributed by atoms with Crippen LogP contribution >= 0.6 is 0 Å². The SMILES string of the molecule is CCC(CC/C=C(\C)C(=O)O)N(CC)CC. The molecule has 0 radical (unpaired) electrons. The lowest BCUT2D eigenvalue weighted by molar-refractivity contribution is -0.132. The van der Waals surface area contributed by atoms with Crippen molar-refractivity contribution >= 4 is 5.97 Å². The highest BCUT2D eigenvalue weighted by Crippen LogP contribution is 2.12. The van der Waals surface area contributed by atoms with Crippen LogP contribution in [0.15, 0.2) is 11.6 Å². The number of allylic oxidation sites excluding steroid dienone is 1. The van der Waals surface area contributed by atoms with Crippen LogP contribution in [0.2, 0.25) is 0 Å². The normalized spacial score (nSPS) is 14.2. The molecule has 1 atom stereocenters. The highest BCUT2D eigenvalue weighted by Gasteiger charge is 2.12. The van der Waals surface area contributed by atoms with Crippen LogP contribution in [0.25, 0.3) is 0 Å². The molecule has 0 fully saturated rings. The van der Waals surface area contributed by atoms with Gasteiger partial charge in [-0.25, -0.2) is 4.79 Å². The molecule has 94 valence electrons. The summed E-state index contributed by atoms with van der Waals surface area (Å²) in [6.07, 6.45) is 4.85. The van der Waals surface area contributed by atoms with Gasteiger partial charge in [0, 0.05) is 11.6 Å². The number of carbonyl (C=O) groups is 1. The summed E-state index contributed by atoms with van der Waals surface area (Å²) < 4.78 is 0. The van der Waals surface area contributed by atoms with Gasteiger partial charge in [0.25, 0.3) is 0 Å². The van der Waals surface area contributed by atoms with Crippen molar-refractivity contribution in [2.75, 3.05) is 13.1 Å². The summed E-state index contributed by atoms with van der Waals surface area (Å²) in [5.41, 5.74) is 0.453. The zero-order valence-electron chi connectivity index (χ0n) is 11.0. The van der Waals surface area contributed by atoms with Crippen LogP contribution in [0.4, 0.5) is 0 Å². The van der Waals surface area contributed by atoms with Crippen LogP contribution in [0.3, 0.4) is 0 Å². The first-order valence-electron chi connectivity index (χ1n) is 6.20. The molecule has 0 heterocycles. The van der Waals surface area contributed by atoms with E-state index in [4.69, 9.17) is 5.11 Å². The van der Waals surface area contributed by atoms with Gasteiger partial charge in [-0.05, 0) is 39.3 Å². The summed E-state index contributed by atoms with van der Waals surface area (Å²) >= 11 is 0. The summed E-state index contributed by atoms with van der Waals surface area (Å²) in [6.45, 7) is 10.3. The second-order valence-electron chi connectivity index (χ2n) is 4.05. The summed E-state index contributed by atoms with van der Waals surface area (Å²) in [6, 6.07) is 0.577. The van der Waals surface area contributed by atoms with Gasteiger partial charge in [0.05, 0.1) is 0 Å². The van der Waals surface area contributed by atoms with Crippen LogP contribution in [0, 0.1) is 0 Å². The minimum atomic E-state index is -0.809. The number of rotatable bonds is 8. The number of aliphatic carboxylic acids is 1. The van der Waals surface area contributed by atoms with Gasteiger partial charge < -0.3 is 10.0 Å². The fourth-order valence-electron chi connectivity index (χ4n) is 1.96. The fraction of sp³-hybridized carbons (Fsp3) is 0.769. The average molecular weight is 227 g/mol. The second-order valence-corrected chi connectivity index (χ2v) is 4.05. The van der Waals surface area contributed by atoms with E-state index in [1.807, 2.05) is 6.08 Å². The Labute approximate surface area is 99.1 Å². The molecule has 0 saturated carbocycles. The molecule has 1 unspecified atom stereocenters. The first-order chi connectivity index (χ1) is 7.56. The van der Waals surface area contributed by atoms with Crippen molar-refractivity contribution in [2.45, 2.75) is 53.0 Å². The molecule has 0 aromatic rings. The molecule has 16 heavy (non-hydrogen) atoms. The minimum Gasteiger partial charge on any atom is -0.478 e. The smallest absolute Gasteiger partial charge is 0.330 e. The highest BCUT2D eigenvalue weighted by atomic mass is 16.4. The number of hydrogen-bond acceptors (Lipinski definition) is 2. The van der Waals surface area contributed by atoms with Gasteiger partial charge in [0.2, 0.25) is 0 Å².